The highest BCUT2D eigenvalue weighted by Crippen LogP contribution is 2.33. The number of ether oxygens (including phenoxy) is 1. The van der Waals surface area contributed by atoms with Crippen molar-refractivity contribution in [1.82, 2.24) is 4.57 Å². The molecule has 0 bridgehead atoms. The molecule has 3 rings (SSSR count). The summed E-state index contributed by atoms with van der Waals surface area (Å²) < 4.78 is 7.86. The molecule has 0 fully saturated rings. The van der Waals surface area contributed by atoms with E-state index in [2.05, 4.69) is 18.8 Å². The molecule has 0 aliphatic carbocycles. The van der Waals surface area contributed by atoms with Crippen LogP contribution in [0.2, 0.25) is 0 Å². The molecular weight excluding hydrogens is 338 g/mol. The summed E-state index contributed by atoms with van der Waals surface area (Å²) in [7, 11) is 0. The van der Waals surface area contributed by atoms with Gasteiger partial charge in [0, 0.05) is 29.2 Å². The first kappa shape index (κ1) is 18.3. The van der Waals surface area contributed by atoms with Crippen LogP contribution in [0.25, 0.3) is 16.8 Å². The van der Waals surface area contributed by atoms with Gasteiger partial charge in [0.05, 0.1) is 17.7 Å². The zero-order valence-electron chi connectivity index (χ0n) is 15.4. The van der Waals surface area contributed by atoms with Gasteiger partial charge in [0.15, 0.2) is 0 Å². The lowest BCUT2D eigenvalue weighted by Crippen LogP contribution is -1.97. The van der Waals surface area contributed by atoms with Crippen molar-refractivity contribution < 1.29 is 14.6 Å². The minimum Gasteiger partial charge on any atom is -0.493 e. The first-order valence-electron chi connectivity index (χ1n) is 8.84. The molecule has 0 aliphatic heterocycles. The number of carboxylic acids is 1. The summed E-state index contributed by atoms with van der Waals surface area (Å²) in [4.78, 5) is 11.1. The molecule has 136 valence electrons. The number of carbonyl (C=O) groups is 1. The molecule has 4 heteroatoms. The molecule has 1 N–H and O–H groups in total. The van der Waals surface area contributed by atoms with Crippen LogP contribution >= 0.6 is 0 Å². The minimum absolute atomic E-state index is 0.262. The first-order valence-corrected chi connectivity index (χ1v) is 8.84. The lowest BCUT2D eigenvalue weighted by atomic mass is 10.0. The maximum atomic E-state index is 11.1. The van der Waals surface area contributed by atoms with Crippen molar-refractivity contribution in [2.75, 3.05) is 6.61 Å². The third-order valence-corrected chi connectivity index (χ3v) is 4.14. The van der Waals surface area contributed by atoms with Crippen molar-refractivity contribution in [3.63, 3.8) is 0 Å². The summed E-state index contributed by atoms with van der Waals surface area (Å²) in [5, 5.41) is 9.08. The van der Waals surface area contributed by atoms with Crippen molar-refractivity contribution in [1.29, 1.82) is 0 Å². The molecule has 0 saturated carbocycles. The molecule has 0 atom stereocenters. The summed E-state index contributed by atoms with van der Waals surface area (Å²) in [5.41, 5.74) is 4.01. The Morgan fingerprint density at radius 3 is 2.48 bits per heavy atom. The van der Waals surface area contributed by atoms with E-state index in [-0.39, 0.29) is 5.56 Å². The van der Waals surface area contributed by atoms with Gasteiger partial charge < -0.3 is 14.4 Å². The number of aromatic nitrogens is 1. The Morgan fingerprint density at radius 2 is 1.81 bits per heavy atom. The first-order chi connectivity index (χ1) is 13.1. The fourth-order valence-corrected chi connectivity index (χ4v) is 2.86. The van der Waals surface area contributed by atoms with Gasteiger partial charge in [-0.2, -0.15) is 0 Å². The maximum absolute atomic E-state index is 11.1. The van der Waals surface area contributed by atoms with Crippen molar-refractivity contribution in [2.24, 2.45) is 0 Å². The Balaban J connectivity index is 2.06. The highest BCUT2D eigenvalue weighted by Gasteiger charge is 2.13. The van der Waals surface area contributed by atoms with Crippen LogP contribution in [0.5, 0.6) is 5.75 Å². The Labute approximate surface area is 159 Å². The molecule has 1 heterocycles. The summed E-state index contributed by atoms with van der Waals surface area (Å²) in [6, 6.07) is 14.7. The van der Waals surface area contributed by atoms with Gasteiger partial charge >= 0.3 is 5.97 Å². The number of carboxylic acid groups (broad SMARTS) is 1. The number of hydrogen-bond acceptors (Lipinski definition) is 2. The van der Waals surface area contributed by atoms with E-state index in [0.29, 0.717) is 6.61 Å². The lowest BCUT2D eigenvalue weighted by molar-refractivity contribution is 0.0697. The van der Waals surface area contributed by atoms with Crippen LogP contribution in [-0.2, 0) is 0 Å². The summed E-state index contributed by atoms with van der Waals surface area (Å²) in [5.74, 6) is 6.02. The summed E-state index contributed by atoms with van der Waals surface area (Å²) in [6.07, 6.45) is 4.90. The normalized spacial score (nSPS) is 10.1. The lowest BCUT2D eigenvalue weighted by Gasteiger charge is -2.10. The van der Waals surface area contributed by atoms with Crippen LogP contribution in [0.15, 0.2) is 60.9 Å². The molecule has 0 radical (unpaired) electrons. The highest BCUT2D eigenvalue weighted by atomic mass is 16.5. The van der Waals surface area contributed by atoms with E-state index in [9.17, 15) is 4.79 Å². The Hall–Kier alpha value is -3.45. The smallest absolute Gasteiger partial charge is 0.335 e. The van der Waals surface area contributed by atoms with Gasteiger partial charge in [-0.15, -0.1) is 5.92 Å². The molecule has 3 aromatic rings. The van der Waals surface area contributed by atoms with Gasteiger partial charge in [0.25, 0.3) is 0 Å². The van der Waals surface area contributed by atoms with Crippen molar-refractivity contribution >= 4 is 5.97 Å². The maximum Gasteiger partial charge on any atom is 0.335 e. The number of rotatable bonds is 6. The third kappa shape index (κ3) is 4.04. The van der Waals surface area contributed by atoms with E-state index in [0.717, 1.165) is 34.5 Å². The Morgan fingerprint density at radius 1 is 1.07 bits per heavy atom. The largest absolute Gasteiger partial charge is 0.493 e. The molecular formula is C23H21NO3. The second-order valence-corrected chi connectivity index (χ2v) is 6.06. The van der Waals surface area contributed by atoms with E-state index < -0.39 is 5.97 Å². The van der Waals surface area contributed by atoms with E-state index in [1.807, 2.05) is 48.1 Å². The number of aromatic carboxylic acids is 1. The monoisotopic (exact) mass is 359 g/mol. The number of nitrogens with zero attached hydrogens (tertiary/aromatic N) is 1. The minimum atomic E-state index is -0.936. The summed E-state index contributed by atoms with van der Waals surface area (Å²) >= 11 is 0. The van der Waals surface area contributed by atoms with E-state index in [1.54, 1.807) is 24.3 Å². The fraction of sp³-hybridized carbons (Fsp3) is 0.174. The van der Waals surface area contributed by atoms with Crippen LogP contribution in [0.3, 0.4) is 0 Å². The van der Waals surface area contributed by atoms with E-state index in [4.69, 9.17) is 9.84 Å². The molecule has 0 saturated heterocycles. The van der Waals surface area contributed by atoms with Gasteiger partial charge in [-0.3, -0.25) is 0 Å². The van der Waals surface area contributed by atoms with Gasteiger partial charge in [-0.25, -0.2) is 4.79 Å². The van der Waals surface area contributed by atoms with Crippen molar-refractivity contribution in [2.45, 2.75) is 20.3 Å². The standard InChI is InChI=1S/C23H21NO3/c1-3-7-18-15-24(19-12-10-17(11-13-19)23(25)26)16-21(18)20-8-5-6-9-22(20)27-14-4-2/h5-6,8-13,15-16H,4,14H2,1-2H3,(H,25,26). The van der Waals surface area contributed by atoms with E-state index in [1.165, 1.54) is 0 Å². The Bertz CT molecular complexity index is 1000. The van der Waals surface area contributed by atoms with Crippen LogP contribution in [0.1, 0.15) is 36.2 Å². The van der Waals surface area contributed by atoms with Gasteiger partial charge in [-0.1, -0.05) is 31.0 Å². The molecule has 2 aromatic carbocycles. The second-order valence-electron chi connectivity index (χ2n) is 6.06. The molecule has 0 amide bonds. The average molecular weight is 359 g/mol. The van der Waals surface area contributed by atoms with Crippen LogP contribution in [0, 0.1) is 11.8 Å². The predicted octanol–water partition coefficient (Wildman–Crippen LogP) is 5.00. The Kier molecular flexibility index (Phi) is 5.63. The quantitative estimate of drug-likeness (QED) is 0.630. The van der Waals surface area contributed by atoms with Gasteiger partial charge in [0.1, 0.15) is 5.75 Å². The SMILES string of the molecule is CC#Cc1cn(-c2ccc(C(=O)O)cc2)cc1-c1ccccc1OCCC. The van der Waals surface area contributed by atoms with Crippen LogP contribution in [0.4, 0.5) is 0 Å². The predicted molar refractivity (Wildman–Crippen MR) is 107 cm³/mol. The van der Waals surface area contributed by atoms with Gasteiger partial charge in [0.2, 0.25) is 0 Å². The topological polar surface area (TPSA) is 51.5 Å². The van der Waals surface area contributed by atoms with Crippen LogP contribution < -0.4 is 4.74 Å². The summed E-state index contributed by atoms with van der Waals surface area (Å²) in [6.45, 7) is 4.54. The zero-order chi connectivity index (χ0) is 19.2. The molecule has 27 heavy (non-hydrogen) atoms. The molecule has 0 unspecified atom stereocenters. The van der Waals surface area contributed by atoms with Crippen molar-refractivity contribution in [3.8, 4) is 34.4 Å². The molecule has 4 nitrogen and oxygen atoms in total. The zero-order valence-corrected chi connectivity index (χ0v) is 15.4. The molecule has 0 spiro atoms. The number of benzene rings is 2. The third-order valence-electron chi connectivity index (χ3n) is 4.14. The fourth-order valence-electron chi connectivity index (χ4n) is 2.86. The number of para-hydroxylation sites is 1. The molecule has 0 aliphatic rings. The highest BCUT2D eigenvalue weighted by molar-refractivity contribution is 5.87. The van der Waals surface area contributed by atoms with E-state index >= 15 is 0 Å². The molecule has 1 aromatic heterocycles. The van der Waals surface area contributed by atoms with Crippen LogP contribution in [-0.4, -0.2) is 22.2 Å². The van der Waals surface area contributed by atoms with Gasteiger partial charge in [-0.05, 0) is 43.7 Å². The second kappa shape index (κ2) is 8.29. The average Bonchev–Trinajstić information content (AvgIpc) is 3.10. The number of hydrogen-bond donors (Lipinski definition) is 1. The van der Waals surface area contributed by atoms with Crippen molar-refractivity contribution in [3.05, 3.63) is 72.1 Å².